The average molecular weight is 204 g/mol. The Balaban J connectivity index is 3.70. The molecule has 0 N–H and O–H groups in total. The standard InChI is InChI=1S/C11H13BO3/c1-4-7-10-14-12(13-9-6-3)15-11-8-5-2/h1-3H,7-11H2. The minimum Gasteiger partial charge on any atom is -0.385 e. The van der Waals surface area contributed by atoms with Crippen LogP contribution in [-0.2, 0) is 14.0 Å². The van der Waals surface area contributed by atoms with E-state index in [2.05, 4.69) is 17.8 Å². The number of terminal acetylenes is 3. The molecule has 0 aliphatic heterocycles. The Morgan fingerprint density at radius 3 is 1.73 bits per heavy atom. The topological polar surface area (TPSA) is 27.7 Å². The quantitative estimate of drug-likeness (QED) is 0.331. The second-order valence-electron chi connectivity index (χ2n) is 2.45. The van der Waals surface area contributed by atoms with Gasteiger partial charge in [0.15, 0.2) is 0 Å². The predicted octanol–water partition coefficient (Wildman–Crippen LogP) is 0.701. The van der Waals surface area contributed by atoms with Crippen LogP contribution < -0.4 is 0 Å². The Hall–Kier alpha value is -1.38. The van der Waals surface area contributed by atoms with Crippen LogP contribution in [0, 0.1) is 37.0 Å². The van der Waals surface area contributed by atoms with Gasteiger partial charge >= 0.3 is 7.32 Å². The Labute approximate surface area is 91.7 Å². The fourth-order valence-electron chi connectivity index (χ4n) is 0.689. The predicted molar refractivity (Wildman–Crippen MR) is 59.3 cm³/mol. The van der Waals surface area contributed by atoms with Crippen LogP contribution in [0.25, 0.3) is 0 Å². The lowest BCUT2D eigenvalue weighted by Crippen LogP contribution is -2.28. The first-order chi connectivity index (χ1) is 7.35. The molecule has 3 nitrogen and oxygen atoms in total. The van der Waals surface area contributed by atoms with Gasteiger partial charge in [0.25, 0.3) is 0 Å². The van der Waals surface area contributed by atoms with Gasteiger partial charge in [0.05, 0.1) is 6.61 Å². The molecule has 0 saturated carbocycles. The minimum absolute atomic E-state index is 0.122. The maximum absolute atomic E-state index is 5.18. The molecule has 0 aromatic rings. The van der Waals surface area contributed by atoms with Crippen molar-refractivity contribution >= 4 is 7.32 Å². The van der Waals surface area contributed by atoms with E-state index in [4.69, 9.17) is 33.2 Å². The number of hydrogen-bond acceptors (Lipinski definition) is 3. The molecule has 0 bridgehead atoms. The first kappa shape index (κ1) is 13.6. The fraction of sp³-hybridized carbons (Fsp3) is 0.455. The molecule has 0 atom stereocenters. The lowest BCUT2D eigenvalue weighted by Gasteiger charge is -2.11. The van der Waals surface area contributed by atoms with Crippen molar-refractivity contribution in [2.45, 2.75) is 12.8 Å². The molecule has 0 aliphatic rings. The van der Waals surface area contributed by atoms with Gasteiger partial charge in [-0.15, -0.1) is 31.1 Å². The highest BCUT2D eigenvalue weighted by Gasteiger charge is 2.19. The molecular formula is C11H13BO3. The highest BCUT2D eigenvalue weighted by atomic mass is 16.7. The van der Waals surface area contributed by atoms with Crippen LogP contribution in [-0.4, -0.2) is 27.1 Å². The molecule has 0 unspecified atom stereocenters. The zero-order valence-corrected chi connectivity index (χ0v) is 8.57. The summed E-state index contributed by atoms with van der Waals surface area (Å²) in [5.74, 6) is 7.19. The molecule has 0 aliphatic carbocycles. The van der Waals surface area contributed by atoms with Crippen LogP contribution in [0.4, 0.5) is 0 Å². The van der Waals surface area contributed by atoms with Crippen LogP contribution in [0.2, 0.25) is 0 Å². The molecule has 0 fully saturated rings. The first-order valence-corrected chi connectivity index (χ1v) is 4.50. The Bertz CT molecular complexity index is 249. The van der Waals surface area contributed by atoms with Crippen LogP contribution in [0.1, 0.15) is 12.8 Å². The monoisotopic (exact) mass is 204 g/mol. The molecule has 0 rings (SSSR count). The van der Waals surface area contributed by atoms with Gasteiger partial charge in [-0.25, -0.2) is 0 Å². The van der Waals surface area contributed by atoms with Crippen molar-refractivity contribution in [3.05, 3.63) is 0 Å². The van der Waals surface area contributed by atoms with Gasteiger partial charge in [-0.05, 0) is 0 Å². The zero-order chi connectivity index (χ0) is 11.4. The fourth-order valence-corrected chi connectivity index (χ4v) is 0.689. The van der Waals surface area contributed by atoms with E-state index in [0.29, 0.717) is 26.1 Å². The van der Waals surface area contributed by atoms with Crippen LogP contribution in [0.3, 0.4) is 0 Å². The third kappa shape index (κ3) is 8.94. The number of rotatable bonds is 8. The summed E-state index contributed by atoms with van der Waals surface area (Å²) < 4.78 is 15.4. The summed E-state index contributed by atoms with van der Waals surface area (Å²) in [7, 11) is -0.789. The molecule has 0 spiro atoms. The SMILES string of the molecule is C#CCCOB(OCC#C)OCCC#C. The average Bonchev–Trinajstić information content (AvgIpc) is 2.25. The van der Waals surface area contributed by atoms with Crippen LogP contribution in [0.5, 0.6) is 0 Å². The van der Waals surface area contributed by atoms with E-state index in [9.17, 15) is 0 Å². The highest BCUT2D eigenvalue weighted by molar-refractivity contribution is 6.36. The van der Waals surface area contributed by atoms with Crippen molar-refractivity contribution in [2.75, 3.05) is 19.8 Å². The number of hydrogen-bond donors (Lipinski definition) is 0. The summed E-state index contributed by atoms with van der Waals surface area (Å²) in [6.07, 6.45) is 16.2. The Morgan fingerprint density at radius 2 is 1.33 bits per heavy atom. The lowest BCUT2D eigenvalue weighted by molar-refractivity contribution is 0.108. The van der Waals surface area contributed by atoms with E-state index in [1.807, 2.05) is 0 Å². The van der Waals surface area contributed by atoms with Gasteiger partial charge in [0.1, 0.15) is 0 Å². The van der Waals surface area contributed by atoms with Crippen molar-refractivity contribution in [3.8, 4) is 37.0 Å². The summed E-state index contributed by atoms with van der Waals surface area (Å²) in [4.78, 5) is 0. The first-order valence-electron chi connectivity index (χ1n) is 4.50. The molecule has 0 radical (unpaired) electrons. The minimum atomic E-state index is -0.789. The van der Waals surface area contributed by atoms with Crippen molar-refractivity contribution in [1.29, 1.82) is 0 Å². The summed E-state index contributed by atoms with van der Waals surface area (Å²) >= 11 is 0. The molecule has 4 heteroatoms. The summed E-state index contributed by atoms with van der Waals surface area (Å²) in [6.45, 7) is 0.848. The van der Waals surface area contributed by atoms with Crippen LogP contribution >= 0.6 is 0 Å². The lowest BCUT2D eigenvalue weighted by atomic mass is 10.2. The zero-order valence-electron chi connectivity index (χ0n) is 8.57. The molecule has 0 heterocycles. The summed E-state index contributed by atoms with van der Waals surface area (Å²) in [6, 6.07) is 0. The van der Waals surface area contributed by atoms with Crippen molar-refractivity contribution < 1.29 is 14.0 Å². The smallest absolute Gasteiger partial charge is 0.385 e. The van der Waals surface area contributed by atoms with E-state index in [1.54, 1.807) is 0 Å². The third-order valence-corrected chi connectivity index (χ3v) is 1.30. The molecule has 0 amide bonds. The van der Waals surface area contributed by atoms with E-state index in [-0.39, 0.29) is 6.61 Å². The highest BCUT2D eigenvalue weighted by Crippen LogP contribution is 1.95. The van der Waals surface area contributed by atoms with Crippen molar-refractivity contribution in [2.24, 2.45) is 0 Å². The van der Waals surface area contributed by atoms with Crippen molar-refractivity contribution in [1.82, 2.24) is 0 Å². The van der Waals surface area contributed by atoms with Gasteiger partial charge < -0.3 is 14.0 Å². The molecule has 0 aromatic carbocycles. The molecule has 15 heavy (non-hydrogen) atoms. The molecular weight excluding hydrogens is 191 g/mol. The van der Waals surface area contributed by atoms with E-state index >= 15 is 0 Å². The maximum Gasteiger partial charge on any atom is 0.640 e. The summed E-state index contributed by atoms with van der Waals surface area (Å²) in [5, 5.41) is 0. The van der Waals surface area contributed by atoms with Gasteiger partial charge in [-0.2, -0.15) is 0 Å². The van der Waals surface area contributed by atoms with Gasteiger partial charge in [0, 0.05) is 26.1 Å². The van der Waals surface area contributed by atoms with Crippen LogP contribution in [0.15, 0.2) is 0 Å². The van der Waals surface area contributed by atoms with Crippen molar-refractivity contribution in [3.63, 3.8) is 0 Å². The summed E-state index contributed by atoms with van der Waals surface area (Å²) in [5.41, 5.74) is 0. The van der Waals surface area contributed by atoms with Gasteiger partial charge in [-0.3, -0.25) is 0 Å². The van der Waals surface area contributed by atoms with E-state index < -0.39 is 7.32 Å². The van der Waals surface area contributed by atoms with Gasteiger partial charge in [0.2, 0.25) is 0 Å². The Morgan fingerprint density at radius 1 is 0.800 bits per heavy atom. The normalized spacial score (nSPS) is 8.60. The van der Waals surface area contributed by atoms with E-state index in [1.165, 1.54) is 0 Å². The second-order valence-corrected chi connectivity index (χ2v) is 2.45. The molecule has 78 valence electrons. The third-order valence-electron chi connectivity index (χ3n) is 1.30. The van der Waals surface area contributed by atoms with Gasteiger partial charge in [-0.1, -0.05) is 5.92 Å². The largest absolute Gasteiger partial charge is 0.640 e. The Kier molecular flexibility index (Phi) is 9.72. The second kappa shape index (κ2) is 10.7. The van der Waals surface area contributed by atoms with E-state index in [0.717, 1.165) is 0 Å². The molecule has 0 saturated heterocycles. The maximum atomic E-state index is 5.18. The molecule has 0 aromatic heterocycles.